The highest BCUT2D eigenvalue weighted by molar-refractivity contribution is 6.06. The molecule has 4 atom stereocenters. The fraction of sp³-hybridized carbons (Fsp3) is 0.511. The van der Waals surface area contributed by atoms with E-state index >= 15 is 4.39 Å². The van der Waals surface area contributed by atoms with E-state index in [4.69, 9.17) is 43.5 Å². The van der Waals surface area contributed by atoms with Gasteiger partial charge in [-0.1, -0.05) is 12.1 Å². The Hall–Kier alpha value is -5.54. The number of nitrogens with zero attached hydrogens (tertiary/aromatic N) is 6. The summed E-state index contributed by atoms with van der Waals surface area (Å²) < 4.78 is 54.5. The number of amides is 1. The van der Waals surface area contributed by atoms with Gasteiger partial charge in [0, 0.05) is 54.1 Å². The molecule has 326 valence electrons. The third-order valence-corrected chi connectivity index (χ3v) is 12.8. The molecule has 6 heterocycles. The quantitative estimate of drug-likeness (QED) is 0.125. The summed E-state index contributed by atoms with van der Waals surface area (Å²) >= 11 is 0. The Labute approximate surface area is 359 Å². The second-order valence-corrected chi connectivity index (χ2v) is 18.3. The van der Waals surface area contributed by atoms with Crippen LogP contribution in [0.2, 0.25) is 0 Å². The maximum Gasteiger partial charge on any atom is 0.410 e. The molecule has 14 nitrogen and oxygen atoms in total. The predicted octanol–water partition coefficient (Wildman–Crippen LogP) is 8.40. The Morgan fingerprint density at radius 3 is 2.45 bits per heavy atom. The molecule has 4 saturated heterocycles. The van der Waals surface area contributed by atoms with E-state index in [0.29, 0.717) is 78.6 Å². The summed E-state index contributed by atoms with van der Waals surface area (Å²) in [5, 5.41) is 6.41. The molecule has 2 bridgehead atoms. The Kier molecular flexibility index (Phi) is 10.4. The number of esters is 1. The normalized spacial score (nSPS) is 22.5. The van der Waals surface area contributed by atoms with Crippen molar-refractivity contribution >= 4 is 39.7 Å². The van der Waals surface area contributed by atoms with Gasteiger partial charge >= 0.3 is 18.1 Å². The summed E-state index contributed by atoms with van der Waals surface area (Å²) in [6, 6.07) is 11.0. The van der Waals surface area contributed by atoms with Gasteiger partial charge in [0.1, 0.15) is 35.5 Å². The van der Waals surface area contributed by atoms with Crippen molar-refractivity contribution in [2.24, 2.45) is 0 Å². The first-order valence-corrected chi connectivity index (χ1v) is 21.9. The lowest BCUT2D eigenvalue weighted by Crippen LogP contribution is -2.50. The molecule has 5 fully saturated rings. The number of hydrogen-bond acceptors (Lipinski definition) is 12. The number of fused-ring (bicyclic) bond motifs is 4. The zero-order valence-electron chi connectivity index (χ0n) is 35.9. The summed E-state index contributed by atoms with van der Waals surface area (Å²) in [4.78, 5) is 40.1. The lowest BCUT2D eigenvalue weighted by molar-refractivity contribution is -0.0367. The van der Waals surface area contributed by atoms with Crippen molar-refractivity contribution < 1.29 is 42.4 Å². The molecule has 0 N–H and O–H groups in total. The number of piperazine rings is 1. The Morgan fingerprint density at radius 1 is 0.952 bits per heavy atom. The van der Waals surface area contributed by atoms with Crippen molar-refractivity contribution in [3.63, 3.8) is 0 Å². The number of hydrogen-bond donors (Lipinski definition) is 0. The Balaban J connectivity index is 1.16. The Bertz CT molecular complexity index is 2540. The van der Waals surface area contributed by atoms with Crippen LogP contribution in [0, 0.1) is 12.7 Å². The van der Waals surface area contributed by atoms with Crippen LogP contribution in [-0.4, -0.2) is 101 Å². The van der Waals surface area contributed by atoms with Crippen LogP contribution in [-0.2, 0) is 25.6 Å². The third-order valence-electron chi connectivity index (χ3n) is 12.8. The number of ether oxygens (including phenoxy) is 6. The van der Waals surface area contributed by atoms with Gasteiger partial charge in [-0.05, 0) is 107 Å². The third kappa shape index (κ3) is 7.56. The summed E-state index contributed by atoms with van der Waals surface area (Å²) in [7, 11) is 1.36. The summed E-state index contributed by atoms with van der Waals surface area (Å²) in [5.41, 5.74) is 4.76. The first-order chi connectivity index (χ1) is 29.9. The largest absolute Gasteiger partial charge is 0.486 e. The summed E-state index contributed by atoms with van der Waals surface area (Å²) in [6.45, 7) is 10.2. The van der Waals surface area contributed by atoms with Crippen LogP contribution in [0.25, 0.3) is 32.9 Å². The lowest BCUT2D eigenvalue weighted by Gasteiger charge is -2.36. The second-order valence-electron chi connectivity index (χ2n) is 18.3. The molecule has 15 heteroatoms. The molecule has 4 aliphatic heterocycles. The van der Waals surface area contributed by atoms with Crippen molar-refractivity contribution in [1.29, 1.82) is 0 Å². The standard InChI is InChI=1S/C47H53FN6O8/c1-26-36(48)20-37-35(21-49-54(37)38-8-6-7-16-59-38)39(26)40-33(28-13-14-28)19-34-41(42(40)60-24-27-9-11-29(12-10-27)44(55)57-5)50-45(61-32-15-17-58-25-32)51-43(34)52-22-31-18-30(52)23-53(31)46(56)62-47(2,3)4/h9-12,19-21,28,30-32,38H,6-8,13-18,22-25H2,1-5H3/t30-,31-,32-,38?/m0/s1. The van der Waals surface area contributed by atoms with Crippen molar-refractivity contribution in [2.75, 3.05) is 44.9 Å². The van der Waals surface area contributed by atoms with Gasteiger partial charge < -0.3 is 38.2 Å². The molecule has 1 aliphatic carbocycles. The topological polar surface area (TPSA) is 140 Å². The first kappa shape index (κ1) is 40.5. The van der Waals surface area contributed by atoms with E-state index in [2.05, 4.69) is 11.0 Å². The van der Waals surface area contributed by atoms with E-state index in [1.807, 2.05) is 55.6 Å². The fourth-order valence-electron chi connectivity index (χ4n) is 9.57. The number of anilines is 1. The minimum absolute atomic E-state index is 0.0204. The van der Waals surface area contributed by atoms with Crippen molar-refractivity contribution in [2.45, 2.75) is 115 Å². The van der Waals surface area contributed by atoms with Crippen LogP contribution in [0.4, 0.5) is 15.0 Å². The average Bonchev–Trinajstić information content (AvgIpc) is 3.56. The van der Waals surface area contributed by atoms with Crippen LogP contribution in [0.15, 0.2) is 42.6 Å². The zero-order valence-corrected chi connectivity index (χ0v) is 35.9. The SMILES string of the molecule is COC(=O)c1ccc(COc2c(-c3c(C)c(F)cc4c3cnn4C3CCCCO3)c(C3CC3)cc3c(N4C[C@@H]5C[C@H]4CN5C(=O)OC(C)(C)C)nc(O[C@H]4CCOC4)nc23)cc1. The monoisotopic (exact) mass is 848 g/mol. The van der Waals surface area contributed by atoms with Gasteiger partial charge in [-0.2, -0.15) is 15.1 Å². The van der Waals surface area contributed by atoms with Crippen molar-refractivity contribution in [3.8, 4) is 22.9 Å². The number of carbonyl (C=O) groups excluding carboxylic acids is 2. The van der Waals surface area contributed by atoms with Crippen molar-refractivity contribution in [3.05, 3.63) is 70.7 Å². The number of rotatable bonds is 10. The highest BCUT2D eigenvalue weighted by Gasteiger charge is 2.48. The number of aromatic nitrogens is 4. The number of benzene rings is 3. The van der Waals surface area contributed by atoms with E-state index in [-0.39, 0.29) is 54.9 Å². The van der Waals surface area contributed by atoms with Gasteiger partial charge in [0.15, 0.2) is 12.0 Å². The van der Waals surface area contributed by atoms with Crippen LogP contribution in [0.1, 0.15) is 105 Å². The highest BCUT2D eigenvalue weighted by Crippen LogP contribution is 2.54. The maximum absolute atomic E-state index is 16.6. The molecule has 10 rings (SSSR count). The molecule has 1 unspecified atom stereocenters. The van der Waals surface area contributed by atoms with Gasteiger partial charge in [0.25, 0.3) is 0 Å². The number of halogens is 1. The smallest absolute Gasteiger partial charge is 0.410 e. The average molecular weight is 849 g/mol. The summed E-state index contributed by atoms with van der Waals surface area (Å²) in [6.07, 6.45) is 7.12. The number of carbonyl (C=O) groups is 2. The number of methoxy groups -OCH3 is 1. The fourth-order valence-corrected chi connectivity index (χ4v) is 9.57. The molecule has 1 amide bonds. The molecule has 0 radical (unpaired) electrons. The zero-order chi connectivity index (χ0) is 42.9. The van der Waals surface area contributed by atoms with E-state index in [1.165, 1.54) is 7.11 Å². The molecule has 1 saturated carbocycles. The van der Waals surface area contributed by atoms with Crippen LogP contribution in [0.3, 0.4) is 0 Å². The Morgan fingerprint density at radius 2 is 1.77 bits per heavy atom. The highest BCUT2D eigenvalue weighted by atomic mass is 19.1. The van der Waals surface area contributed by atoms with Crippen molar-refractivity contribution in [1.82, 2.24) is 24.6 Å². The van der Waals surface area contributed by atoms with Crippen LogP contribution < -0.4 is 14.4 Å². The van der Waals surface area contributed by atoms with Gasteiger partial charge in [-0.15, -0.1) is 0 Å². The molecule has 3 aromatic carbocycles. The van der Waals surface area contributed by atoms with Gasteiger partial charge in [-0.3, -0.25) is 0 Å². The minimum atomic E-state index is -0.609. The van der Waals surface area contributed by atoms with Gasteiger partial charge in [-0.25, -0.2) is 18.7 Å². The van der Waals surface area contributed by atoms with E-state index < -0.39 is 11.6 Å². The molecule has 62 heavy (non-hydrogen) atoms. The molecular weight excluding hydrogens is 796 g/mol. The van der Waals surface area contributed by atoms with E-state index in [0.717, 1.165) is 66.0 Å². The summed E-state index contributed by atoms with van der Waals surface area (Å²) in [5.74, 6) is 0.579. The maximum atomic E-state index is 16.6. The van der Waals surface area contributed by atoms with E-state index in [1.54, 1.807) is 18.2 Å². The van der Waals surface area contributed by atoms with Crippen LogP contribution in [0.5, 0.6) is 11.8 Å². The van der Waals surface area contributed by atoms with Gasteiger partial charge in [0.05, 0.1) is 49.7 Å². The number of likely N-dealkylation sites (tertiary alicyclic amines) is 1. The molecule has 0 spiro atoms. The second kappa shape index (κ2) is 16.0. The molecule has 2 aromatic heterocycles. The first-order valence-electron chi connectivity index (χ1n) is 21.9. The molecule has 5 aliphatic rings. The predicted molar refractivity (Wildman–Crippen MR) is 228 cm³/mol. The molecular formula is C47H53FN6O8. The van der Waals surface area contributed by atoms with Crippen LogP contribution >= 0.6 is 0 Å². The minimum Gasteiger partial charge on any atom is -0.486 e. The molecule has 5 aromatic rings. The van der Waals surface area contributed by atoms with Gasteiger partial charge in [0.2, 0.25) is 0 Å². The lowest BCUT2D eigenvalue weighted by atomic mass is 9.88. The van der Waals surface area contributed by atoms with E-state index in [9.17, 15) is 9.59 Å².